The monoisotopic (exact) mass is 463 g/mol. The number of thioether (sulfide) groups is 1. The smallest absolute Gasteiger partial charge is 0.387 e. The highest BCUT2D eigenvalue weighted by molar-refractivity contribution is 8.00. The number of halogens is 2. The number of hydrogen-bond donors (Lipinski definition) is 1. The van der Waals surface area contributed by atoms with Gasteiger partial charge in [-0.15, -0.1) is 0 Å². The number of nitrogens with zero attached hydrogens (tertiary/aromatic N) is 2. The Morgan fingerprint density at radius 3 is 2.69 bits per heavy atom. The third-order valence-electron chi connectivity index (χ3n) is 4.24. The molecule has 0 radical (unpaired) electrons. The number of hydrogen-bond acceptors (Lipinski definition) is 8. The van der Waals surface area contributed by atoms with E-state index in [2.05, 4.69) is 20.2 Å². The van der Waals surface area contributed by atoms with Crippen LogP contribution in [0.4, 0.5) is 14.5 Å². The third kappa shape index (κ3) is 6.03. The van der Waals surface area contributed by atoms with Crippen molar-refractivity contribution in [1.29, 1.82) is 0 Å². The van der Waals surface area contributed by atoms with Crippen molar-refractivity contribution in [3.63, 3.8) is 0 Å². The Labute approximate surface area is 186 Å². The number of rotatable bonds is 9. The number of alkyl halides is 2. The molecule has 0 saturated heterocycles. The summed E-state index contributed by atoms with van der Waals surface area (Å²) in [6.45, 7) is 0.432. The van der Waals surface area contributed by atoms with Gasteiger partial charge in [0.05, 0.1) is 28.3 Å². The van der Waals surface area contributed by atoms with Crippen LogP contribution in [-0.2, 0) is 16.1 Å². The number of pyridine rings is 1. The minimum Gasteiger partial charge on any atom is -0.457 e. The molecule has 0 unspecified atom stereocenters. The Hall–Kier alpha value is -3.47. The van der Waals surface area contributed by atoms with Gasteiger partial charge in [-0.1, -0.05) is 29.1 Å². The average Bonchev–Trinajstić information content (AvgIpc) is 3.09. The fourth-order valence-electron chi connectivity index (χ4n) is 2.67. The second-order valence-corrected chi connectivity index (χ2v) is 7.41. The van der Waals surface area contributed by atoms with Crippen LogP contribution in [0.5, 0.6) is 5.75 Å². The molecule has 0 bridgehead atoms. The molecule has 0 aliphatic heterocycles. The molecule has 3 rings (SSSR count). The minimum atomic E-state index is -3.02. The largest absolute Gasteiger partial charge is 0.457 e. The van der Waals surface area contributed by atoms with Gasteiger partial charge in [0.1, 0.15) is 23.1 Å². The van der Waals surface area contributed by atoms with Crippen LogP contribution in [0.3, 0.4) is 0 Å². The second kappa shape index (κ2) is 10.7. The van der Waals surface area contributed by atoms with Crippen LogP contribution in [0, 0.1) is 13.8 Å². The summed E-state index contributed by atoms with van der Waals surface area (Å²) in [5.41, 5.74) is 1.61. The van der Waals surface area contributed by atoms with E-state index in [1.54, 1.807) is 26.0 Å². The number of carbonyl (C=O) groups excluding carboxylic acids is 2. The van der Waals surface area contributed by atoms with Gasteiger partial charge in [0.25, 0.3) is 0 Å². The van der Waals surface area contributed by atoms with E-state index in [9.17, 15) is 18.4 Å². The highest BCUT2D eigenvalue weighted by Crippen LogP contribution is 2.27. The Balaban J connectivity index is 1.61. The lowest BCUT2D eigenvalue weighted by Crippen LogP contribution is -2.16. The normalized spacial score (nSPS) is 10.8. The number of nitrogens with one attached hydrogen (secondary N) is 1. The van der Waals surface area contributed by atoms with E-state index in [0.717, 1.165) is 11.8 Å². The molecule has 2 aromatic heterocycles. The number of ether oxygens (including phenoxy) is 2. The summed E-state index contributed by atoms with van der Waals surface area (Å²) < 4.78 is 39.8. The number of amides is 1. The molecule has 0 saturated carbocycles. The maximum atomic E-state index is 12.6. The standard InChI is InChI=1S/C21H19F2N3O5S/c1-12-15(13(2)31-26-12)10-29-20(28)14-6-5-9-24-19(14)32-11-18(27)25-16-7-3-4-8-17(16)30-21(22)23/h3-9,21H,10-11H2,1-2H3,(H,25,27). The summed E-state index contributed by atoms with van der Waals surface area (Å²) in [5, 5.41) is 6.62. The van der Waals surface area contributed by atoms with Gasteiger partial charge in [0.15, 0.2) is 0 Å². The summed E-state index contributed by atoms with van der Waals surface area (Å²) in [5.74, 6) is -0.812. The van der Waals surface area contributed by atoms with Crippen LogP contribution in [0.15, 0.2) is 52.1 Å². The third-order valence-corrected chi connectivity index (χ3v) is 5.24. The van der Waals surface area contributed by atoms with E-state index >= 15 is 0 Å². The predicted molar refractivity (Wildman–Crippen MR) is 112 cm³/mol. The van der Waals surface area contributed by atoms with Crippen LogP contribution in [0.2, 0.25) is 0 Å². The lowest BCUT2D eigenvalue weighted by atomic mass is 10.2. The van der Waals surface area contributed by atoms with Crippen LogP contribution in [-0.4, -0.2) is 34.4 Å². The number of benzene rings is 1. The van der Waals surface area contributed by atoms with Gasteiger partial charge in [0.2, 0.25) is 5.91 Å². The van der Waals surface area contributed by atoms with E-state index in [-0.39, 0.29) is 29.4 Å². The second-order valence-electron chi connectivity index (χ2n) is 6.45. The molecule has 0 spiro atoms. The summed E-state index contributed by atoms with van der Waals surface area (Å²) >= 11 is 1.01. The molecule has 0 atom stereocenters. The summed E-state index contributed by atoms with van der Waals surface area (Å²) in [7, 11) is 0. The van der Waals surface area contributed by atoms with Gasteiger partial charge in [-0.3, -0.25) is 4.79 Å². The molecule has 1 amide bonds. The Bertz CT molecular complexity index is 1090. The first-order valence-corrected chi connectivity index (χ1v) is 10.3. The quantitative estimate of drug-likeness (QED) is 0.368. The van der Waals surface area contributed by atoms with Gasteiger partial charge < -0.3 is 19.3 Å². The molecule has 11 heteroatoms. The van der Waals surface area contributed by atoms with Crippen molar-refractivity contribution in [1.82, 2.24) is 10.1 Å². The van der Waals surface area contributed by atoms with Gasteiger partial charge in [-0.25, -0.2) is 9.78 Å². The van der Waals surface area contributed by atoms with Gasteiger partial charge in [0, 0.05) is 6.20 Å². The van der Waals surface area contributed by atoms with Crippen LogP contribution < -0.4 is 10.1 Å². The zero-order valence-electron chi connectivity index (χ0n) is 17.1. The van der Waals surface area contributed by atoms with Crippen LogP contribution in [0.25, 0.3) is 0 Å². The molecular weight excluding hydrogens is 444 g/mol. The van der Waals surface area contributed by atoms with Crippen LogP contribution >= 0.6 is 11.8 Å². The maximum absolute atomic E-state index is 12.6. The lowest BCUT2D eigenvalue weighted by molar-refractivity contribution is -0.113. The molecular formula is C21H19F2N3O5S. The van der Waals surface area contributed by atoms with E-state index in [1.165, 1.54) is 30.5 Å². The molecule has 0 fully saturated rings. The van der Waals surface area contributed by atoms with E-state index in [1.807, 2.05) is 0 Å². The van der Waals surface area contributed by atoms with E-state index < -0.39 is 18.5 Å². The fraction of sp³-hybridized carbons (Fsp3) is 0.238. The number of aryl methyl sites for hydroxylation is 2. The van der Waals surface area contributed by atoms with Crippen molar-refractivity contribution in [2.45, 2.75) is 32.1 Å². The molecule has 1 N–H and O–H groups in total. The molecule has 1 aromatic carbocycles. The number of aromatic nitrogens is 2. The van der Waals surface area contributed by atoms with Gasteiger partial charge >= 0.3 is 12.6 Å². The molecule has 3 aromatic rings. The summed E-state index contributed by atoms with van der Waals surface area (Å²) in [6.07, 6.45) is 1.48. The Kier molecular flexibility index (Phi) is 7.77. The average molecular weight is 463 g/mol. The van der Waals surface area contributed by atoms with Crippen molar-refractivity contribution in [3.05, 3.63) is 65.2 Å². The molecule has 32 heavy (non-hydrogen) atoms. The van der Waals surface area contributed by atoms with E-state index in [4.69, 9.17) is 9.26 Å². The van der Waals surface area contributed by atoms with Gasteiger partial charge in [-0.05, 0) is 38.1 Å². The zero-order valence-corrected chi connectivity index (χ0v) is 17.9. The summed E-state index contributed by atoms with van der Waals surface area (Å²) in [6, 6.07) is 8.96. The first kappa shape index (κ1) is 23.2. The first-order valence-electron chi connectivity index (χ1n) is 9.35. The van der Waals surface area contributed by atoms with Crippen molar-refractivity contribution in [3.8, 4) is 5.75 Å². The Morgan fingerprint density at radius 1 is 1.19 bits per heavy atom. The summed E-state index contributed by atoms with van der Waals surface area (Å²) in [4.78, 5) is 29.0. The number of esters is 1. The first-order chi connectivity index (χ1) is 15.3. The number of carbonyl (C=O) groups is 2. The molecule has 8 nitrogen and oxygen atoms in total. The predicted octanol–water partition coefficient (Wildman–Crippen LogP) is 4.38. The van der Waals surface area contributed by atoms with Crippen molar-refractivity contribution >= 4 is 29.3 Å². The molecule has 0 aliphatic rings. The van der Waals surface area contributed by atoms with E-state index in [0.29, 0.717) is 22.0 Å². The van der Waals surface area contributed by atoms with Gasteiger partial charge in [-0.2, -0.15) is 8.78 Å². The highest BCUT2D eigenvalue weighted by atomic mass is 32.2. The minimum absolute atomic E-state index is 0.0135. The number of para-hydroxylation sites is 2. The fourth-order valence-corrected chi connectivity index (χ4v) is 3.46. The van der Waals surface area contributed by atoms with Crippen LogP contribution in [0.1, 0.15) is 27.4 Å². The number of anilines is 1. The van der Waals surface area contributed by atoms with Crippen molar-refractivity contribution in [2.75, 3.05) is 11.1 Å². The highest BCUT2D eigenvalue weighted by Gasteiger charge is 2.18. The maximum Gasteiger partial charge on any atom is 0.387 e. The zero-order chi connectivity index (χ0) is 23.1. The lowest BCUT2D eigenvalue weighted by Gasteiger charge is -2.12. The molecule has 0 aliphatic carbocycles. The molecule has 2 heterocycles. The SMILES string of the molecule is Cc1noc(C)c1COC(=O)c1cccnc1SCC(=O)Nc1ccccc1OC(F)F. The molecule has 168 valence electrons. The van der Waals surface area contributed by atoms with Crippen molar-refractivity contribution < 1.29 is 32.4 Å². The van der Waals surface area contributed by atoms with Crippen molar-refractivity contribution in [2.24, 2.45) is 0 Å². The Morgan fingerprint density at radius 2 is 1.97 bits per heavy atom. The topological polar surface area (TPSA) is 104 Å².